The average Bonchev–Trinajstić information content (AvgIpc) is 2.58. The summed E-state index contributed by atoms with van der Waals surface area (Å²) in [5.74, 6) is 0.532. The van der Waals surface area contributed by atoms with Crippen LogP contribution in [0.3, 0.4) is 0 Å². The number of nitrogens with one attached hydrogen (secondary N) is 2. The molecular weight excluding hydrogens is 284 g/mol. The van der Waals surface area contributed by atoms with E-state index in [2.05, 4.69) is 36.6 Å². The Bertz CT molecular complexity index is 581. The number of hydrogen-bond acceptors (Lipinski definition) is 2. The third kappa shape index (κ3) is 6.25. The second-order valence-electron chi connectivity index (χ2n) is 6.25. The van der Waals surface area contributed by atoms with Gasteiger partial charge in [-0.05, 0) is 23.5 Å². The van der Waals surface area contributed by atoms with E-state index in [0.717, 1.165) is 12.0 Å². The molecule has 2 rings (SSSR count). The topological polar surface area (TPSA) is 41.1 Å². The normalized spacial score (nSPS) is 12.1. The van der Waals surface area contributed by atoms with Gasteiger partial charge in [-0.1, -0.05) is 74.5 Å². The quantitative estimate of drug-likeness (QED) is 0.783. The first kappa shape index (κ1) is 17.2. The molecule has 0 spiro atoms. The van der Waals surface area contributed by atoms with Gasteiger partial charge in [-0.25, -0.2) is 0 Å². The SMILES string of the molecule is CC(C)C[C@H](NCc1ccccc1)C(=O)NCc1ccccc1. The van der Waals surface area contributed by atoms with Gasteiger partial charge in [-0.3, -0.25) is 4.79 Å². The van der Waals surface area contributed by atoms with Gasteiger partial charge < -0.3 is 10.6 Å². The van der Waals surface area contributed by atoms with Crippen molar-refractivity contribution in [2.24, 2.45) is 5.92 Å². The van der Waals surface area contributed by atoms with Crippen molar-refractivity contribution in [2.75, 3.05) is 0 Å². The maximum atomic E-state index is 12.5. The van der Waals surface area contributed by atoms with Crippen LogP contribution in [0.4, 0.5) is 0 Å². The molecule has 0 aliphatic heterocycles. The van der Waals surface area contributed by atoms with Crippen LogP contribution in [0.15, 0.2) is 60.7 Å². The fourth-order valence-electron chi connectivity index (χ4n) is 2.50. The summed E-state index contributed by atoms with van der Waals surface area (Å²) in [4.78, 5) is 12.5. The molecule has 23 heavy (non-hydrogen) atoms. The first-order valence-electron chi connectivity index (χ1n) is 8.24. The zero-order valence-corrected chi connectivity index (χ0v) is 14.0. The Labute approximate surface area is 139 Å². The maximum absolute atomic E-state index is 12.5. The molecule has 1 atom stereocenters. The molecule has 0 aliphatic rings. The summed E-state index contributed by atoms with van der Waals surface area (Å²) in [5, 5.41) is 6.43. The fourth-order valence-corrected chi connectivity index (χ4v) is 2.50. The van der Waals surface area contributed by atoms with Gasteiger partial charge >= 0.3 is 0 Å². The first-order chi connectivity index (χ1) is 11.1. The van der Waals surface area contributed by atoms with Crippen LogP contribution >= 0.6 is 0 Å². The van der Waals surface area contributed by atoms with Crippen molar-refractivity contribution in [3.63, 3.8) is 0 Å². The van der Waals surface area contributed by atoms with Crippen molar-refractivity contribution in [3.8, 4) is 0 Å². The summed E-state index contributed by atoms with van der Waals surface area (Å²) in [7, 11) is 0. The van der Waals surface area contributed by atoms with E-state index in [1.165, 1.54) is 5.56 Å². The van der Waals surface area contributed by atoms with E-state index in [1.54, 1.807) is 0 Å². The number of benzene rings is 2. The van der Waals surface area contributed by atoms with E-state index in [0.29, 0.717) is 19.0 Å². The first-order valence-corrected chi connectivity index (χ1v) is 8.24. The minimum atomic E-state index is -0.168. The number of carbonyl (C=O) groups is 1. The van der Waals surface area contributed by atoms with Gasteiger partial charge in [0.2, 0.25) is 5.91 Å². The fraction of sp³-hybridized carbons (Fsp3) is 0.350. The van der Waals surface area contributed by atoms with Gasteiger partial charge in [0.15, 0.2) is 0 Å². The molecular formula is C20H26N2O. The van der Waals surface area contributed by atoms with Crippen molar-refractivity contribution in [3.05, 3.63) is 71.8 Å². The van der Waals surface area contributed by atoms with Gasteiger partial charge in [0.05, 0.1) is 6.04 Å². The second kappa shape index (κ2) is 9.11. The summed E-state index contributed by atoms with van der Waals surface area (Å²) in [6, 6.07) is 20.0. The Balaban J connectivity index is 1.89. The van der Waals surface area contributed by atoms with E-state index in [4.69, 9.17) is 0 Å². The molecule has 1 amide bonds. The van der Waals surface area contributed by atoms with Gasteiger partial charge in [0, 0.05) is 13.1 Å². The Hall–Kier alpha value is -2.13. The monoisotopic (exact) mass is 310 g/mol. The van der Waals surface area contributed by atoms with Crippen LogP contribution in [0.25, 0.3) is 0 Å². The molecule has 3 heteroatoms. The van der Waals surface area contributed by atoms with Gasteiger partial charge in [0.25, 0.3) is 0 Å². The Morgan fingerprint density at radius 2 is 1.39 bits per heavy atom. The summed E-state index contributed by atoms with van der Waals surface area (Å²) >= 11 is 0. The molecule has 3 nitrogen and oxygen atoms in total. The highest BCUT2D eigenvalue weighted by atomic mass is 16.2. The average molecular weight is 310 g/mol. The molecule has 0 saturated heterocycles. The predicted octanol–water partition coefficient (Wildman–Crippen LogP) is 3.51. The lowest BCUT2D eigenvalue weighted by molar-refractivity contribution is -0.123. The highest BCUT2D eigenvalue weighted by Crippen LogP contribution is 2.07. The number of rotatable bonds is 8. The lowest BCUT2D eigenvalue weighted by atomic mass is 10.0. The lowest BCUT2D eigenvalue weighted by Gasteiger charge is -2.20. The summed E-state index contributed by atoms with van der Waals surface area (Å²) in [6.07, 6.45) is 0.827. The van der Waals surface area contributed by atoms with Gasteiger partial charge in [-0.15, -0.1) is 0 Å². The highest BCUT2D eigenvalue weighted by Gasteiger charge is 2.18. The van der Waals surface area contributed by atoms with Gasteiger partial charge in [0.1, 0.15) is 0 Å². The highest BCUT2D eigenvalue weighted by molar-refractivity contribution is 5.81. The standard InChI is InChI=1S/C20H26N2O/c1-16(2)13-19(21-14-17-9-5-3-6-10-17)20(23)22-15-18-11-7-4-8-12-18/h3-12,16,19,21H,13-15H2,1-2H3,(H,22,23)/t19-/m0/s1. The molecule has 0 bridgehead atoms. The van der Waals surface area contributed by atoms with E-state index in [9.17, 15) is 4.79 Å². The van der Waals surface area contributed by atoms with E-state index >= 15 is 0 Å². The van der Waals surface area contributed by atoms with Crippen LogP contribution in [0, 0.1) is 5.92 Å². The van der Waals surface area contributed by atoms with E-state index in [-0.39, 0.29) is 11.9 Å². The van der Waals surface area contributed by atoms with Crippen LogP contribution in [0.5, 0.6) is 0 Å². The summed E-state index contributed by atoms with van der Waals surface area (Å²) in [5.41, 5.74) is 2.31. The third-order valence-corrected chi connectivity index (χ3v) is 3.73. The zero-order chi connectivity index (χ0) is 16.5. The molecule has 0 fully saturated rings. The van der Waals surface area contributed by atoms with E-state index < -0.39 is 0 Å². The lowest BCUT2D eigenvalue weighted by Crippen LogP contribution is -2.44. The molecule has 0 saturated carbocycles. The predicted molar refractivity (Wildman–Crippen MR) is 94.8 cm³/mol. The summed E-state index contributed by atoms with van der Waals surface area (Å²) in [6.45, 7) is 5.56. The smallest absolute Gasteiger partial charge is 0.237 e. The van der Waals surface area contributed by atoms with Crippen molar-refractivity contribution < 1.29 is 4.79 Å². The number of hydrogen-bond donors (Lipinski definition) is 2. The Kier molecular flexibility index (Phi) is 6.82. The van der Waals surface area contributed by atoms with Gasteiger partial charge in [-0.2, -0.15) is 0 Å². The second-order valence-corrected chi connectivity index (χ2v) is 6.25. The van der Waals surface area contributed by atoms with Crippen LogP contribution in [-0.2, 0) is 17.9 Å². The van der Waals surface area contributed by atoms with Crippen molar-refractivity contribution in [2.45, 2.75) is 39.4 Å². The molecule has 0 heterocycles. The number of amides is 1. The largest absolute Gasteiger partial charge is 0.351 e. The van der Waals surface area contributed by atoms with Crippen molar-refractivity contribution in [1.29, 1.82) is 0 Å². The van der Waals surface area contributed by atoms with Crippen LogP contribution in [0.2, 0.25) is 0 Å². The van der Waals surface area contributed by atoms with E-state index in [1.807, 2.05) is 48.5 Å². The molecule has 0 aromatic heterocycles. The molecule has 0 unspecified atom stereocenters. The maximum Gasteiger partial charge on any atom is 0.237 e. The summed E-state index contributed by atoms with van der Waals surface area (Å²) < 4.78 is 0. The molecule has 0 radical (unpaired) electrons. The molecule has 2 aromatic carbocycles. The number of carbonyl (C=O) groups excluding carboxylic acids is 1. The Morgan fingerprint density at radius 1 is 0.870 bits per heavy atom. The third-order valence-electron chi connectivity index (χ3n) is 3.73. The Morgan fingerprint density at radius 3 is 1.91 bits per heavy atom. The van der Waals surface area contributed by atoms with Crippen LogP contribution < -0.4 is 10.6 Å². The van der Waals surface area contributed by atoms with Crippen LogP contribution in [0.1, 0.15) is 31.4 Å². The molecule has 2 N–H and O–H groups in total. The van der Waals surface area contributed by atoms with Crippen LogP contribution in [-0.4, -0.2) is 11.9 Å². The molecule has 2 aromatic rings. The minimum Gasteiger partial charge on any atom is -0.351 e. The zero-order valence-electron chi connectivity index (χ0n) is 14.0. The molecule has 122 valence electrons. The van der Waals surface area contributed by atoms with Crippen molar-refractivity contribution in [1.82, 2.24) is 10.6 Å². The molecule has 0 aliphatic carbocycles. The van der Waals surface area contributed by atoms with Crippen molar-refractivity contribution >= 4 is 5.91 Å². The minimum absolute atomic E-state index is 0.0680.